The molecule has 0 aromatic heterocycles. The van der Waals surface area contributed by atoms with Crippen molar-refractivity contribution in [2.75, 3.05) is 38.4 Å². The third kappa shape index (κ3) is 6.91. The SMILES string of the molecule is CCN(c1cc(C(=O)O)cc(-c2cccc(CNC(N)C(CO)C(O)CO)c2OC)c1)C(C)CO. The van der Waals surface area contributed by atoms with Crippen LogP contribution >= 0.6 is 0 Å². The Kier molecular flexibility index (Phi) is 10.9. The number of para-hydroxylation sites is 1. The molecule has 8 N–H and O–H groups in total. The molecule has 0 fully saturated rings. The van der Waals surface area contributed by atoms with E-state index in [0.717, 1.165) is 5.56 Å². The lowest BCUT2D eigenvalue weighted by Crippen LogP contribution is -2.50. The van der Waals surface area contributed by atoms with Gasteiger partial charge in [-0.2, -0.15) is 0 Å². The molecule has 2 rings (SSSR count). The summed E-state index contributed by atoms with van der Waals surface area (Å²) in [7, 11) is 1.52. The molecule has 0 amide bonds. The van der Waals surface area contributed by atoms with Gasteiger partial charge < -0.3 is 40.9 Å². The molecule has 0 radical (unpaired) electrons. The van der Waals surface area contributed by atoms with Gasteiger partial charge in [0, 0.05) is 41.9 Å². The molecule has 0 saturated heterocycles. The molecular formula is C25H37N3O7. The maximum Gasteiger partial charge on any atom is 0.335 e. The average Bonchev–Trinajstić information content (AvgIpc) is 2.87. The summed E-state index contributed by atoms with van der Waals surface area (Å²) in [4.78, 5) is 13.8. The minimum atomic E-state index is -1.17. The van der Waals surface area contributed by atoms with Crippen molar-refractivity contribution in [2.24, 2.45) is 11.7 Å². The zero-order valence-corrected chi connectivity index (χ0v) is 20.4. The minimum absolute atomic E-state index is 0.0784. The van der Waals surface area contributed by atoms with Gasteiger partial charge in [0.2, 0.25) is 0 Å². The van der Waals surface area contributed by atoms with Gasteiger partial charge in [-0.1, -0.05) is 18.2 Å². The summed E-state index contributed by atoms with van der Waals surface area (Å²) in [5.74, 6) is -1.32. The highest BCUT2D eigenvalue weighted by Crippen LogP contribution is 2.36. The number of nitrogens with one attached hydrogen (secondary N) is 1. The molecule has 0 saturated carbocycles. The first-order valence-electron chi connectivity index (χ1n) is 11.5. The van der Waals surface area contributed by atoms with Crippen LogP contribution in [0.25, 0.3) is 11.1 Å². The number of benzene rings is 2. The maximum atomic E-state index is 11.9. The van der Waals surface area contributed by atoms with Gasteiger partial charge in [-0.25, -0.2) is 4.79 Å². The van der Waals surface area contributed by atoms with Gasteiger partial charge in [0.05, 0.1) is 44.8 Å². The number of ether oxygens (including phenoxy) is 1. The second kappa shape index (κ2) is 13.4. The second-order valence-corrected chi connectivity index (χ2v) is 8.39. The molecular weight excluding hydrogens is 454 g/mol. The van der Waals surface area contributed by atoms with Gasteiger partial charge in [-0.15, -0.1) is 0 Å². The van der Waals surface area contributed by atoms with E-state index in [9.17, 15) is 30.3 Å². The summed E-state index contributed by atoms with van der Waals surface area (Å²) < 4.78 is 5.69. The Labute approximate surface area is 205 Å². The van der Waals surface area contributed by atoms with Gasteiger partial charge in [-0.3, -0.25) is 5.32 Å². The third-order valence-electron chi connectivity index (χ3n) is 6.13. The molecule has 2 aromatic rings. The highest BCUT2D eigenvalue weighted by Gasteiger charge is 2.25. The summed E-state index contributed by atoms with van der Waals surface area (Å²) >= 11 is 0. The van der Waals surface area contributed by atoms with E-state index >= 15 is 0 Å². The number of carboxylic acids is 1. The Morgan fingerprint density at radius 1 is 1.14 bits per heavy atom. The van der Waals surface area contributed by atoms with Crippen molar-refractivity contribution >= 4 is 11.7 Å². The molecule has 4 atom stereocenters. The number of likely N-dealkylation sites (N-methyl/N-ethyl adjacent to an activating group) is 1. The number of anilines is 1. The van der Waals surface area contributed by atoms with Gasteiger partial charge >= 0.3 is 5.97 Å². The van der Waals surface area contributed by atoms with Crippen molar-refractivity contribution in [1.29, 1.82) is 0 Å². The van der Waals surface area contributed by atoms with Crippen LogP contribution in [-0.2, 0) is 6.54 Å². The topological polar surface area (TPSA) is 169 Å². The van der Waals surface area contributed by atoms with Crippen molar-refractivity contribution in [3.63, 3.8) is 0 Å². The molecule has 0 aliphatic carbocycles. The molecule has 0 spiro atoms. The highest BCUT2D eigenvalue weighted by molar-refractivity contribution is 5.92. The zero-order chi connectivity index (χ0) is 26.1. The molecule has 194 valence electrons. The molecule has 2 aromatic carbocycles. The minimum Gasteiger partial charge on any atom is -0.496 e. The quantitative estimate of drug-likeness (QED) is 0.186. The van der Waals surface area contributed by atoms with E-state index in [2.05, 4.69) is 5.32 Å². The normalized spacial score (nSPS) is 14.7. The van der Waals surface area contributed by atoms with E-state index in [1.54, 1.807) is 12.1 Å². The summed E-state index contributed by atoms with van der Waals surface area (Å²) in [5, 5.41) is 51.0. The van der Waals surface area contributed by atoms with Gasteiger partial charge in [0.1, 0.15) is 5.75 Å². The fourth-order valence-corrected chi connectivity index (χ4v) is 4.08. The van der Waals surface area contributed by atoms with E-state index in [1.165, 1.54) is 7.11 Å². The monoisotopic (exact) mass is 491 g/mol. The molecule has 0 bridgehead atoms. The summed E-state index contributed by atoms with van der Waals surface area (Å²) in [5.41, 5.74) is 8.90. The molecule has 4 unspecified atom stereocenters. The number of aliphatic hydroxyl groups excluding tert-OH is 4. The first-order chi connectivity index (χ1) is 16.7. The molecule has 0 aliphatic rings. The van der Waals surface area contributed by atoms with Crippen molar-refractivity contribution in [1.82, 2.24) is 5.32 Å². The first-order valence-corrected chi connectivity index (χ1v) is 11.5. The number of nitrogens with zero attached hydrogens (tertiary/aromatic N) is 1. The predicted octanol–water partition coefficient (Wildman–Crippen LogP) is 0.604. The van der Waals surface area contributed by atoms with Crippen LogP contribution in [0.5, 0.6) is 5.75 Å². The molecule has 0 heterocycles. The van der Waals surface area contributed by atoms with Crippen LogP contribution in [0, 0.1) is 5.92 Å². The third-order valence-corrected chi connectivity index (χ3v) is 6.13. The molecule has 0 aliphatic heterocycles. The Bertz CT molecular complexity index is 972. The molecule has 10 nitrogen and oxygen atoms in total. The maximum absolute atomic E-state index is 11.9. The number of carboxylic acid groups (broad SMARTS) is 1. The Morgan fingerprint density at radius 3 is 2.40 bits per heavy atom. The van der Waals surface area contributed by atoms with Crippen LogP contribution in [0.15, 0.2) is 36.4 Å². The second-order valence-electron chi connectivity index (χ2n) is 8.39. The Hall–Kier alpha value is -2.73. The fraction of sp³-hybridized carbons (Fsp3) is 0.480. The lowest BCUT2D eigenvalue weighted by Gasteiger charge is -2.30. The van der Waals surface area contributed by atoms with Gasteiger partial charge in [0.25, 0.3) is 0 Å². The first kappa shape index (κ1) is 28.5. The predicted molar refractivity (Wildman–Crippen MR) is 133 cm³/mol. The lowest BCUT2D eigenvalue weighted by molar-refractivity contribution is 0.00677. The van der Waals surface area contributed by atoms with Crippen LogP contribution in [-0.4, -0.2) is 83.3 Å². The van der Waals surface area contributed by atoms with E-state index < -0.39 is 37.4 Å². The van der Waals surface area contributed by atoms with Gasteiger partial charge in [0.15, 0.2) is 0 Å². The van der Waals surface area contributed by atoms with Crippen molar-refractivity contribution < 1.29 is 35.1 Å². The summed E-state index contributed by atoms with van der Waals surface area (Å²) in [6.07, 6.45) is -1.97. The number of rotatable bonds is 14. The smallest absolute Gasteiger partial charge is 0.335 e. The summed E-state index contributed by atoms with van der Waals surface area (Å²) in [6, 6.07) is 10.3. The van der Waals surface area contributed by atoms with E-state index in [-0.39, 0.29) is 24.8 Å². The number of hydrogen-bond acceptors (Lipinski definition) is 9. The van der Waals surface area contributed by atoms with Crippen molar-refractivity contribution in [3.05, 3.63) is 47.5 Å². The number of aromatic carboxylic acids is 1. The zero-order valence-electron chi connectivity index (χ0n) is 20.4. The van der Waals surface area contributed by atoms with E-state index in [0.29, 0.717) is 29.1 Å². The Morgan fingerprint density at radius 2 is 1.86 bits per heavy atom. The number of aliphatic hydroxyl groups is 4. The van der Waals surface area contributed by atoms with Crippen molar-refractivity contribution in [3.8, 4) is 16.9 Å². The fourth-order valence-electron chi connectivity index (χ4n) is 4.08. The number of carbonyl (C=O) groups is 1. The molecule has 35 heavy (non-hydrogen) atoms. The van der Waals surface area contributed by atoms with Crippen LogP contribution < -0.4 is 20.7 Å². The lowest BCUT2D eigenvalue weighted by atomic mass is 9.97. The number of methoxy groups -OCH3 is 1. The van der Waals surface area contributed by atoms with E-state index in [4.69, 9.17) is 10.5 Å². The molecule has 10 heteroatoms. The van der Waals surface area contributed by atoms with Crippen LogP contribution in [0.3, 0.4) is 0 Å². The van der Waals surface area contributed by atoms with E-state index in [1.807, 2.05) is 43.0 Å². The average molecular weight is 492 g/mol. The largest absolute Gasteiger partial charge is 0.496 e. The van der Waals surface area contributed by atoms with Gasteiger partial charge in [-0.05, 0) is 37.6 Å². The summed E-state index contributed by atoms with van der Waals surface area (Å²) in [6.45, 7) is 3.60. The highest BCUT2D eigenvalue weighted by atomic mass is 16.5. The van der Waals surface area contributed by atoms with Crippen LogP contribution in [0.2, 0.25) is 0 Å². The standard InChI is InChI=1S/C25H37N3O7/c1-4-28(15(2)12-29)19-9-17(8-18(10-19)25(33)34)20-7-5-6-16(23(20)35-3)11-27-24(26)21(13-30)22(32)14-31/h5-10,15,21-22,24,27,29-32H,4,11-14,26H2,1-3H3,(H,33,34). The van der Waals surface area contributed by atoms with Crippen LogP contribution in [0.4, 0.5) is 5.69 Å². The number of nitrogens with two attached hydrogens (primary N) is 1. The Balaban J connectivity index is 2.48. The van der Waals surface area contributed by atoms with Crippen LogP contribution in [0.1, 0.15) is 29.8 Å². The number of hydrogen-bond donors (Lipinski definition) is 7. The van der Waals surface area contributed by atoms with Crippen molar-refractivity contribution in [2.45, 2.75) is 38.7 Å².